The van der Waals surface area contributed by atoms with Crippen LogP contribution < -0.4 is 10.1 Å². The molecule has 8 heteroatoms. The smallest absolute Gasteiger partial charge is 0.261 e. The molecule has 0 bridgehead atoms. The molecule has 3 rings (SSSR count). The molecule has 0 radical (unpaired) electrons. The fraction of sp³-hybridized carbons (Fsp3) is 0.238. The van der Waals surface area contributed by atoms with Crippen molar-refractivity contribution in [3.63, 3.8) is 0 Å². The Balaban J connectivity index is 1.80. The van der Waals surface area contributed by atoms with Gasteiger partial charge in [0.25, 0.3) is 5.91 Å². The van der Waals surface area contributed by atoms with E-state index in [1.807, 2.05) is 12.1 Å². The molecule has 0 aromatic heterocycles. The van der Waals surface area contributed by atoms with Gasteiger partial charge in [0.2, 0.25) is 18.2 Å². The number of nitrogens with one attached hydrogen (secondary N) is 1. The van der Waals surface area contributed by atoms with Crippen LogP contribution in [0.2, 0.25) is 5.02 Å². The summed E-state index contributed by atoms with van der Waals surface area (Å²) in [6.45, 7) is 1.96. The molecule has 1 unspecified atom stereocenters. The van der Waals surface area contributed by atoms with Gasteiger partial charge in [0, 0.05) is 22.6 Å². The number of piperidine rings is 1. The molecular weight excluding hydrogens is 396 g/mol. The van der Waals surface area contributed by atoms with Crippen molar-refractivity contribution in [2.45, 2.75) is 32.4 Å². The SMILES string of the molecule is Cc1c(OCc2cccc(Cl)c2)cccc1C(=O)N(C=O)C1CCC(=O)NC1=O. The predicted molar refractivity (Wildman–Crippen MR) is 105 cm³/mol. The van der Waals surface area contributed by atoms with Gasteiger partial charge in [-0.05, 0) is 43.2 Å². The maximum Gasteiger partial charge on any atom is 0.261 e. The van der Waals surface area contributed by atoms with E-state index < -0.39 is 23.8 Å². The number of rotatable bonds is 6. The van der Waals surface area contributed by atoms with Crippen LogP contribution in [0.5, 0.6) is 5.75 Å². The van der Waals surface area contributed by atoms with Crippen LogP contribution in [-0.2, 0) is 21.0 Å². The molecule has 1 heterocycles. The van der Waals surface area contributed by atoms with Gasteiger partial charge in [-0.25, -0.2) is 0 Å². The molecule has 1 saturated heterocycles. The van der Waals surface area contributed by atoms with E-state index >= 15 is 0 Å². The van der Waals surface area contributed by atoms with Crippen molar-refractivity contribution in [3.8, 4) is 5.75 Å². The minimum absolute atomic E-state index is 0.0653. The molecular formula is C21H19ClN2O5. The molecule has 2 aromatic rings. The Labute approximate surface area is 172 Å². The van der Waals surface area contributed by atoms with E-state index in [0.717, 1.165) is 10.5 Å². The highest BCUT2D eigenvalue weighted by Gasteiger charge is 2.35. The van der Waals surface area contributed by atoms with E-state index in [4.69, 9.17) is 16.3 Å². The molecule has 1 N–H and O–H groups in total. The third kappa shape index (κ3) is 4.63. The Morgan fingerprint density at radius 3 is 2.72 bits per heavy atom. The fourth-order valence-corrected chi connectivity index (χ4v) is 3.35. The zero-order valence-electron chi connectivity index (χ0n) is 15.7. The highest BCUT2D eigenvalue weighted by molar-refractivity contribution is 6.30. The Kier molecular flexibility index (Phi) is 6.29. The van der Waals surface area contributed by atoms with Crippen molar-refractivity contribution in [2.24, 2.45) is 0 Å². The van der Waals surface area contributed by atoms with Crippen molar-refractivity contribution in [1.29, 1.82) is 0 Å². The maximum absolute atomic E-state index is 13.0. The number of hydrogen-bond donors (Lipinski definition) is 1. The zero-order valence-corrected chi connectivity index (χ0v) is 16.4. The number of ether oxygens (including phenoxy) is 1. The molecule has 1 aliphatic heterocycles. The third-order valence-corrected chi connectivity index (χ3v) is 4.93. The number of carbonyl (C=O) groups excluding carboxylic acids is 4. The summed E-state index contributed by atoms with van der Waals surface area (Å²) in [7, 11) is 0. The van der Waals surface area contributed by atoms with Gasteiger partial charge in [0.15, 0.2) is 0 Å². The summed E-state index contributed by atoms with van der Waals surface area (Å²) >= 11 is 5.98. The molecule has 0 saturated carbocycles. The van der Waals surface area contributed by atoms with Crippen LogP contribution in [0.4, 0.5) is 0 Å². The standard InChI is InChI=1S/C21H19ClN2O5/c1-13-16(21(28)24(12-25)17-8-9-19(26)23-20(17)27)6-3-7-18(13)29-11-14-4-2-5-15(22)10-14/h2-7,10,12,17H,8-9,11H2,1H3,(H,23,26,27). The molecule has 1 fully saturated rings. The van der Waals surface area contributed by atoms with Crippen LogP contribution in [0.1, 0.15) is 34.3 Å². The van der Waals surface area contributed by atoms with E-state index in [0.29, 0.717) is 22.7 Å². The lowest BCUT2D eigenvalue weighted by atomic mass is 10.0. The molecule has 4 amide bonds. The van der Waals surface area contributed by atoms with E-state index in [2.05, 4.69) is 5.32 Å². The lowest BCUT2D eigenvalue weighted by Gasteiger charge is -2.28. The first-order valence-corrected chi connectivity index (χ1v) is 9.37. The first-order valence-electron chi connectivity index (χ1n) is 8.99. The number of imide groups is 2. The molecule has 0 aliphatic carbocycles. The van der Waals surface area contributed by atoms with Gasteiger partial charge in [-0.1, -0.05) is 29.8 Å². The van der Waals surface area contributed by atoms with Crippen molar-refractivity contribution in [2.75, 3.05) is 0 Å². The highest BCUT2D eigenvalue weighted by atomic mass is 35.5. The minimum atomic E-state index is -1.02. The normalized spacial score (nSPS) is 16.1. The largest absolute Gasteiger partial charge is 0.489 e. The van der Waals surface area contributed by atoms with E-state index in [9.17, 15) is 19.2 Å². The summed E-state index contributed by atoms with van der Waals surface area (Å²) in [5.41, 5.74) is 1.65. The van der Waals surface area contributed by atoms with Gasteiger partial charge in [-0.3, -0.25) is 29.4 Å². The third-order valence-electron chi connectivity index (χ3n) is 4.69. The highest BCUT2D eigenvalue weighted by Crippen LogP contribution is 2.25. The van der Waals surface area contributed by atoms with Crippen LogP contribution in [0.15, 0.2) is 42.5 Å². The monoisotopic (exact) mass is 414 g/mol. The Hall–Kier alpha value is -3.19. The fourth-order valence-electron chi connectivity index (χ4n) is 3.14. The topological polar surface area (TPSA) is 92.8 Å². The van der Waals surface area contributed by atoms with E-state index in [1.54, 1.807) is 37.3 Å². The second-order valence-corrected chi connectivity index (χ2v) is 7.07. The van der Waals surface area contributed by atoms with E-state index in [-0.39, 0.29) is 25.0 Å². The second kappa shape index (κ2) is 8.87. The zero-order chi connectivity index (χ0) is 21.0. The summed E-state index contributed by atoms with van der Waals surface area (Å²) in [4.78, 5) is 48.7. The van der Waals surface area contributed by atoms with Crippen LogP contribution in [0.3, 0.4) is 0 Å². The summed E-state index contributed by atoms with van der Waals surface area (Å²) in [6, 6.07) is 11.1. The lowest BCUT2D eigenvalue weighted by Crippen LogP contribution is -2.53. The van der Waals surface area contributed by atoms with Crippen LogP contribution >= 0.6 is 11.6 Å². The van der Waals surface area contributed by atoms with Gasteiger partial charge in [-0.2, -0.15) is 0 Å². The number of benzene rings is 2. The van der Waals surface area contributed by atoms with Crippen molar-refractivity contribution in [1.82, 2.24) is 10.2 Å². The van der Waals surface area contributed by atoms with Crippen molar-refractivity contribution in [3.05, 3.63) is 64.2 Å². The average Bonchev–Trinajstić information content (AvgIpc) is 2.69. The lowest BCUT2D eigenvalue weighted by molar-refractivity contribution is -0.139. The first-order chi connectivity index (χ1) is 13.9. The maximum atomic E-state index is 13.0. The predicted octanol–water partition coefficient (Wildman–Crippen LogP) is 2.63. The summed E-state index contributed by atoms with van der Waals surface area (Å²) in [5, 5.41) is 2.75. The van der Waals surface area contributed by atoms with Gasteiger partial charge < -0.3 is 4.74 Å². The van der Waals surface area contributed by atoms with Crippen molar-refractivity contribution >= 4 is 35.7 Å². The molecule has 1 atom stereocenters. The summed E-state index contributed by atoms with van der Waals surface area (Å²) in [6.07, 6.45) is 0.482. The quantitative estimate of drug-likeness (QED) is 0.579. The number of nitrogens with zero attached hydrogens (tertiary/aromatic N) is 1. The average molecular weight is 415 g/mol. The Bertz CT molecular complexity index is 975. The summed E-state index contributed by atoms with van der Waals surface area (Å²) < 4.78 is 5.82. The van der Waals surface area contributed by atoms with Crippen molar-refractivity contribution < 1.29 is 23.9 Å². The second-order valence-electron chi connectivity index (χ2n) is 6.63. The molecule has 29 heavy (non-hydrogen) atoms. The first kappa shape index (κ1) is 20.5. The van der Waals surface area contributed by atoms with Crippen LogP contribution in [-0.4, -0.2) is 35.1 Å². The van der Waals surface area contributed by atoms with Crippen LogP contribution in [0.25, 0.3) is 0 Å². The minimum Gasteiger partial charge on any atom is -0.489 e. The molecule has 7 nitrogen and oxygen atoms in total. The van der Waals surface area contributed by atoms with Gasteiger partial charge in [-0.15, -0.1) is 0 Å². The number of hydrogen-bond acceptors (Lipinski definition) is 5. The summed E-state index contributed by atoms with van der Waals surface area (Å²) in [5.74, 6) is -1.23. The Morgan fingerprint density at radius 2 is 2.03 bits per heavy atom. The number of amides is 4. The van der Waals surface area contributed by atoms with Gasteiger partial charge in [0.05, 0.1) is 0 Å². The number of halogens is 1. The van der Waals surface area contributed by atoms with Gasteiger partial charge >= 0.3 is 0 Å². The Morgan fingerprint density at radius 1 is 1.28 bits per heavy atom. The van der Waals surface area contributed by atoms with Crippen LogP contribution in [0, 0.1) is 6.92 Å². The molecule has 0 spiro atoms. The molecule has 150 valence electrons. The molecule has 2 aromatic carbocycles. The van der Waals surface area contributed by atoms with Gasteiger partial charge in [0.1, 0.15) is 18.4 Å². The molecule has 1 aliphatic rings. The van der Waals surface area contributed by atoms with E-state index in [1.165, 1.54) is 0 Å². The number of carbonyl (C=O) groups is 4.